The zero-order valence-electron chi connectivity index (χ0n) is 16.0. The molecule has 1 aliphatic carbocycles. The maximum absolute atomic E-state index is 13.2. The quantitative estimate of drug-likeness (QED) is 0.679. The van der Waals surface area contributed by atoms with Crippen LogP contribution >= 0.6 is 0 Å². The molecule has 1 fully saturated rings. The van der Waals surface area contributed by atoms with Crippen LogP contribution in [-0.4, -0.2) is 38.2 Å². The summed E-state index contributed by atoms with van der Waals surface area (Å²) in [4.78, 5) is 24.0. The van der Waals surface area contributed by atoms with Crippen molar-refractivity contribution in [2.45, 2.75) is 45.3 Å². The Bertz CT molecular complexity index is 1050. The van der Waals surface area contributed by atoms with Gasteiger partial charge in [-0.1, -0.05) is 6.07 Å². The van der Waals surface area contributed by atoms with Crippen LogP contribution in [0.5, 0.6) is 11.5 Å². The van der Waals surface area contributed by atoms with Crippen molar-refractivity contribution in [1.82, 2.24) is 19.4 Å². The van der Waals surface area contributed by atoms with Crippen molar-refractivity contribution >= 4 is 17.1 Å². The summed E-state index contributed by atoms with van der Waals surface area (Å²) in [5.41, 5.74) is 3.18. The fourth-order valence-electron chi connectivity index (χ4n) is 3.55. The molecule has 1 amide bonds. The topological polar surface area (TPSA) is 69.5 Å². The molecule has 28 heavy (non-hydrogen) atoms. The Morgan fingerprint density at radius 1 is 1.21 bits per heavy atom. The highest BCUT2D eigenvalue weighted by molar-refractivity contribution is 5.96. The van der Waals surface area contributed by atoms with Crippen LogP contribution in [0, 0.1) is 0 Å². The lowest BCUT2D eigenvalue weighted by molar-refractivity contribution is 0.0690. The molecule has 7 nitrogen and oxygen atoms in total. The number of imidazole rings is 1. The lowest BCUT2D eigenvalue weighted by Gasteiger charge is -2.27. The van der Waals surface area contributed by atoms with Gasteiger partial charge in [-0.05, 0) is 50.5 Å². The Morgan fingerprint density at radius 2 is 2.04 bits per heavy atom. The van der Waals surface area contributed by atoms with Gasteiger partial charge in [0.2, 0.25) is 6.79 Å². The van der Waals surface area contributed by atoms with Gasteiger partial charge in [-0.2, -0.15) is 0 Å². The van der Waals surface area contributed by atoms with E-state index in [1.807, 2.05) is 49.3 Å². The number of aromatic nitrogens is 3. The number of hydrogen-bond donors (Lipinski definition) is 0. The molecule has 1 aromatic carbocycles. The van der Waals surface area contributed by atoms with Crippen LogP contribution in [0.1, 0.15) is 48.7 Å². The van der Waals surface area contributed by atoms with Gasteiger partial charge in [0.1, 0.15) is 5.52 Å². The molecule has 3 aromatic rings. The van der Waals surface area contributed by atoms with Gasteiger partial charge in [-0.3, -0.25) is 4.79 Å². The summed E-state index contributed by atoms with van der Waals surface area (Å²) in [5, 5.41) is 0. The molecule has 2 aliphatic rings. The first-order valence-electron chi connectivity index (χ1n) is 9.62. The molecule has 1 aliphatic heterocycles. The van der Waals surface area contributed by atoms with Crippen molar-refractivity contribution in [3.8, 4) is 11.5 Å². The van der Waals surface area contributed by atoms with Gasteiger partial charge < -0.3 is 18.9 Å². The van der Waals surface area contributed by atoms with Gasteiger partial charge in [0.25, 0.3) is 5.91 Å². The predicted octanol–water partition coefficient (Wildman–Crippen LogP) is 3.55. The summed E-state index contributed by atoms with van der Waals surface area (Å²) >= 11 is 0. The number of benzene rings is 1. The maximum atomic E-state index is 13.2. The molecule has 0 bridgehead atoms. The van der Waals surface area contributed by atoms with E-state index >= 15 is 0 Å². The second kappa shape index (κ2) is 6.51. The highest BCUT2D eigenvalue weighted by Gasteiger charge is 2.26. The first-order valence-corrected chi connectivity index (χ1v) is 9.62. The molecule has 0 saturated heterocycles. The zero-order valence-corrected chi connectivity index (χ0v) is 16.0. The van der Waals surface area contributed by atoms with Crippen LogP contribution in [0.15, 0.2) is 36.8 Å². The van der Waals surface area contributed by atoms with E-state index in [9.17, 15) is 4.79 Å². The number of fused-ring (bicyclic) bond motifs is 2. The van der Waals surface area contributed by atoms with E-state index in [2.05, 4.69) is 14.5 Å². The molecular weight excluding hydrogens is 356 g/mol. The average molecular weight is 378 g/mol. The third-order valence-electron chi connectivity index (χ3n) is 5.27. The molecule has 0 N–H and O–H groups in total. The summed E-state index contributed by atoms with van der Waals surface area (Å²) in [6.07, 6.45) is 5.84. The second-order valence-electron chi connectivity index (χ2n) is 7.66. The van der Waals surface area contributed by atoms with Crippen LogP contribution in [0.25, 0.3) is 11.2 Å². The second-order valence-corrected chi connectivity index (χ2v) is 7.66. The van der Waals surface area contributed by atoms with Crippen molar-refractivity contribution in [2.75, 3.05) is 6.79 Å². The van der Waals surface area contributed by atoms with Crippen molar-refractivity contribution in [1.29, 1.82) is 0 Å². The smallest absolute Gasteiger partial charge is 0.256 e. The summed E-state index contributed by atoms with van der Waals surface area (Å²) < 4.78 is 12.9. The molecule has 5 rings (SSSR count). The highest BCUT2D eigenvalue weighted by Crippen LogP contribution is 2.36. The minimum atomic E-state index is -0.0527. The molecule has 0 atom stereocenters. The van der Waals surface area contributed by atoms with Gasteiger partial charge in [0.15, 0.2) is 17.1 Å². The Balaban J connectivity index is 1.41. The molecular formula is C21H22N4O3. The monoisotopic (exact) mass is 378 g/mol. The zero-order chi connectivity index (χ0) is 19.3. The number of amides is 1. The SMILES string of the molecule is CC(C)N(Cc1ccc2c(c1)OCO2)C(=O)c1cnc2c(c1)ncn2C1CC1. The van der Waals surface area contributed by atoms with Gasteiger partial charge >= 0.3 is 0 Å². The standard InChI is InChI=1S/C21H22N4O3/c1-13(2)24(10-14-3-6-18-19(7-14)28-12-27-18)21(26)15-8-17-20(22-9-15)25(11-23-17)16-4-5-16/h3,6-9,11,13,16H,4-5,10,12H2,1-2H3. The van der Waals surface area contributed by atoms with E-state index < -0.39 is 0 Å². The van der Waals surface area contributed by atoms with Crippen LogP contribution in [0.4, 0.5) is 0 Å². The Labute approximate surface area is 162 Å². The lowest BCUT2D eigenvalue weighted by Crippen LogP contribution is -2.36. The molecule has 0 spiro atoms. The van der Waals surface area contributed by atoms with E-state index in [0.29, 0.717) is 18.2 Å². The number of rotatable bonds is 5. The highest BCUT2D eigenvalue weighted by atomic mass is 16.7. The van der Waals surface area contributed by atoms with Gasteiger partial charge in [-0.15, -0.1) is 0 Å². The van der Waals surface area contributed by atoms with Crippen LogP contribution in [0.3, 0.4) is 0 Å². The first-order chi connectivity index (χ1) is 13.6. The number of ether oxygens (including phenoxy) is 2. The average Bonchev–Trinajstić information content (AvgIpc) is 3.27. The van der Waals surface area contributed by atoms with Crippen molar-refractivity contribution in [3.63, 3.8) is 0 Å². The van der Waals surface area contributed by atoms with Crippen LogP contribution < -0.4 is 9.47 Å². The first kappa shape index (κ1) is 17.0. The fraction of sp³-hybridized carbons (Fsp3) is 0.381. The predicted molar refractivity (Wildman–Crippen MR) is 103 cm³/mol. The molecule has 2 aromatic heterocycles. The van der Waals surface area contributed by atoms with E-state index in [0.717, 1.165) is 28.2 Å². The van der Waals surface area contributed by atoms with Crippen LogP contribution in [0.2, 0.25) is 0 Å². The fourth-order valence-corrected chi connectivity index (χ4v) is 3.55. The maximum Gasteiger partial charge on any atom is 0.256 e. The number of pyridine rings is 1. The number of nitrogens with zero attached hydrogens (tertiary/aromatic N) is 4. The minimum Gasteiger partial charge on any atom is -0.454 e. The number of hydrogen-bond acceptors (Lipinski definition) is 5. The Morgan fingerprint density at radius 3 is 2.82 bits per heavy atom. The van der Waals surface area contributed by atoms with E-state index in [1.165, 1.54) is 12.8 Å². The molecule has 144 valence electrons. The van der Waals surface area contributed by atoms with Gasteiger partial charge in [0, 0.05) is 24.8 Å². The van der Waals surface area contributed by atoms with E-state index in [4.69, 9.17) is 9.47 Å². The summed E-state index contributed by atoms with van der Waals surface area (Å²) in [6, 6.07) is 8.19. The van der Waals surface area contributed by atoms with Crippen molar-refractivity contribution in [3.05, 3.63) is 47.9 Å². The Kier molecular flexibility index (Phi) is 3.96. The molecule has 0 radical (unpaired) electrons. The minimum absolute atomic E-state index is 0.0395. The molecule has 1 saturated carbocycles. The number of carbonyl (C=O) groups is 1. The van der Waals surface area contributed by atoms with Crippen molar-refractivity contribution < 1.29 is 14.3 Å². The third kappa shape index (κ3) is 2.96. The van der Waals surface area contributed by atoms with Crippen LogP contribution in [-0.2, 0) is 6.54 Å². The van der Waals surface area contributed by atoms with Gasteiger partial charge in [0.05, 0.1) is 11.9 Å². The summed E-state index contributed by atoms with van der Waals surface area (Å²) in [7, 11) is 0. The van der Waals surface area contributed by atoms with E-state index in [1.54, 1.807) is 6.20 Å². The summed E-state index contributed by atoms with van der Waals surface area (Å²) in [5.74, 6) is 1.41. The Hall–Kier alpha value is -3.09. The summed E-state index contributed by atoms with van der Waals surface area (Å²) in [6.45, 7) is 4.75. The van der Waals surface area contributed by atoms with Gasteiger partial charge in [-0.25, -0.2) is 9.97 Å². The molecule has 7 heteroatoms. The number of carbonyl (C=O) groups excluding carboxylic acids is 1. The third-order valence-corrected chi connectivity index (χ3v) is 5.27. The largest absolute Gasteiger partial charge is 0.454 e. The van der Waals surface area contributed by atoms with Crippen molar-refractivity contribution in [2.24, 2.45) is 0 Å². The molecule has 0 unspecified atom stereocenters. The normalized spacial score (nSPS) is 15.4. The molecule has 3 heterocycles. The van der Waals surface area contributed by atoms with E-state index in [-0.39, 0.29) is 18.7 Å². The lowest BCUT2D eigenvalue weighted by atomic mass is 10.1.